The molecule has 0 heterocycles. The minimum absolute atomic E-state index is 0.0205. The molecule has 96 valence electrons. The lowest BCUT2D eigenvalue weighted by Crippen LogP contribution is -2.18. The average molecular weight is 240 g/mol. The van der Waals surface area contributed by atoms with Crippen LogP contribution in [0.2, 0.25) is 0 Å². The van der Waals surface area contributed by atoms with Crippen LogP contribution >= 0.6 is 0 Å². The van der Waals surface area contributed by atoms with Gasteiger partial charge < -0.3 is 19.3 Å². The first kappa shape index (κ1) is 14.0. The van der Waals surface area contributed by atoms with Crippen LogP contribution in [0.4, 0.5) is 0 Å². The standard InChI is InChI=1S/C13H20O4/c1-10(8-15-2)17-9-13(14)11-4-6-12(16-3)7-5-11/h4-7,10,13-14H,8-9H2,1-3H3. The molecule has 2 unspecified atom stereocenters. The normalized spacial score (nSPS) is 14.4. The molecule has 0 aliphatic rings. The highest BCUT2D eigenvalue weighted by atomic mass is 16.5. The summed E-state index contributed by atoms with van der Waals surface area (Å²) in [5.41, 5.74) is 0.815. The number of hydrogen-bond acceptors (Lipinski definition) is 4. The molecule has 4 heteroatoms. The van der Waals surface area contributed by atoms with E-state index in [1.165, 1.54) is 0 Å². The molecular weight excluding hydrogens is 220 g/mol. The van der Waals surface area contributed by atoms with Crippen molar-refractivity contribution in [3.05, 3.63) is 29.8 Å². The predicted octanol–water partition coefficient (Wildman–Crippen LogP) is 1.78. The predicted molar refractivity (Wildman–Crippen MR) is 65.2 cm³/mol. The number of methoxy groups -OCH3 is 2. The fourth-order valence-electron chi connectivity index (χ4n) is 1.46. The quantitative estimate of drug-likeness (QED) is 0.789. The molecule has 0 saturated carbocycles. The van der Waals surface area contributed by atoms with E-state index in [1.807, 2.05) is 31.2 Å². The molecule has 4 nitrogen and oxygen atoms in total. The fraction of sp³-hybridized carbons (Fsp3) is 0.538. The molecule has 1 rings (SSSR count). The van der Waals surface area contributed by atoms with Gasteiger partial charge in [0.15, 0.2) is 0 Å². The third-order valence-electron chi connectivity index (χ3n) is 2.44. The molecule has 0 aliphatic heterocycles. The molecule has 2 atom stereocenters. The molecule has 1 aromatic rings. The molecule has 1 aromatic carbocycles. The molecule has 0 amide bonds. The lowest BCUT2D eigenvalue weighted by molar-refractivity contribution is -0.0325. The maximum absolute atomic E-state index is 9.89. The molecule has 0 radical (unpaired) electrons. The lowest BCUT2D eigenvalue weighted by Gasteiger charge is -2.16. The van der Waals surface area contributed by atoms with E-state index in [0.717, 1.165) is 11.3 Å². The Hall–Kier alpha value is -1.10. The van der Waals surface area contributed by atoms with Gasteiger partial charge in [0.25, 0.3) is 0 Å². The first-order chi connectivity index (χ1) is 8.17. The van der Waals surface area contributed by atoms with Crippen LogP contribution < -0.4 is 4.74 Å². The minimum Gasteiger partial charge on any atom is -0.497 e. The number of aliphatic hydroxyl groups is 1. The van der Waals surface area contributed by atoms with Crippen LogP contribution in [0.25, 0.3) is 0 Å². The topological polar surface area (TPSA) is 47.9 Å². The Bertz CT molecular complexity index is 310. The summed E-state index contributed by atoms with van der Waals surface area (Å²) in [6.45, 7) is 2.69. The van der Waals surface area contributed by atoms with Gasteiger partial charge in [-0.25, -0.2) is 0 Å². The van der Waals surface area contributed by atoms with Gasteiger partial charge in [-0.1, -0.05) is 12.1 Å². The van der Waals surface area contributed by atoms with E-state index in [2.05, 4.69) is 0 Å². The van der Waals surface area contributed by atoms with Crippen LogP contribution in [-0.4, -0.2) is 38.6 Å². The second-order valence-electron chi connectivity index (χ2n) is 3.89. The van der Waals surface area contributed by atoms with Gasteiger partial charge in [-0.2, -0.15) is 0 Å². The van der Waals surface area contributed by atoms with Crippen molar-refractivity contribution in [2.45, 2.75) is 19.1 Å². The summed E-state index contributed by atoms with van der Waals surface area (Å²) in [7, 11) is 3.24. The number of benzene rings is 1. The zero-order valence-corrected chi connectivity index (χ0v) is 10.6. The van der Waals surface area contributed by atoms with Gasteiger partial charge in [-0.05, 0) is 24.6 Å². The van der Waals surface area contributed by atoms with Crippen molar-refractivity contribution < 1.29 is 19.3 Å². The highest BCUT2D eigenvalue weighted by Crippen LogP contribution is 2.18. The van der Waals surface area contributed by atoms with Gasteiger partial charge in [-0.3, -0.25) is 0 Å². The smallest absolute Gasteiger partial charge is 0.118 e. The Kier molecular flexibility index (Phi) is 5.97. The van der Waals surface area contributed by atoms with Crippen molar-refractivity contribution in [3.8, 4) is 5.75 Å². The van der Waals surface area contributed by atoms with Crippen molar-refractivity contribution in [2.24, 2.45) is 0 Å². The molecular formula is C13H20O4. The summed E-state index contributed by atoms with van der Waals surface area (Å²) in [6, 6.07) is 7.29. The monoisotopic (exact) mass is 240 g/mol. The lowest BCUT2D eigenvalue weighted by atomic mass is 10.1. The van der Waals surface area contributed by atoms with Gasteiger partial charge in [0.2, 0.25) is 0 Å². The Balaban J connectivity index is 2.43. The zero-order valence-electron chi connectivity index (χ0n) is 10.6. The summed E-state index contributed by atoms with van der Waals surface area (Å²) in [5, 5.41) is 9.89. The third kappa shape index (κ3) is 4.73. The van der Waals surface area contributed by atoms with E-state index in [1.54, 1.807) is 14.2 Å². The van der Waals surface area contributed by atoms with Crippen LogP contribution in [0.5, 0.6) is 5.75 Å². The number of hydrogen-bond donors (Lipinski definition) is 1. The van der Waals surface area contributed by atoms with Crippen LogP contribution in [0.1, 0.15) is 18.6 Å². The van der Waals surface area contributed by atoms with Gasteiger partial charge >= 0.3 is 0 Å². The molecule has 1 N–H and O–H groups in total. The average Bonchev–Trinajstić information content (AvgIpc) is 2.36. The largest absolute Gasteiger partial charge is 0.497 e. The molecule has 0 fully saturated rings. The van der Waals surface area contributed by atoms with Crippen LogP contribution in [-0.2, 0) is 9.47 Å². The van der Waals surface area contributed by atoms with Crippen molar-refractivity contribution in [2.75, 3.05) is 27.4 Å². The Morgan fingerprint density at radius 3 is 2.29 bits per heavy atom. The zero-order chi connectivity index (χ0) is 12.7. The van der Waals surface area contributed by atoms with Crippen LogP contribution in [0.3, 0.4) is 0 Å². The van der Waals surface area contributed by atoms with Crippen molar-refractivity contribution in [1.82, 2.24) is 0 Å². The van der Waals surface area contributed by atoms with Gasteiger partial charge in [0.05, 0.1) is 26.4 Å². The minimum atomic E-state index is -0.625. The Labute approximate surface area is 102 Å². The van der Waals surface area contributed by atoms with Crippen molar-refractivity contribution in [3.63, 3.8) is 0 Å². The van der Waals surface area contributed by atoms with Crippen molar-refractivity contribution >= 4 is 0 Å². The van der Waals surface area contributed by atoms with E-state index in [4.69, 9.17) is 14.2 Å². The highest BCUT2D eigenvalue weighted by Gasteiger charge is 2.10. The van der Waals surface area contributed by atoms with E-state index >= 15 is 0 Å². The van der Waals surface area contributed by atoms with E-state index in [0.29, 0.717) is 6.61 Å². The van der Waals surface area contributed by atoms with Crippen LogP contribution in [0.15, 0.2) is 24.3 Å². The Morgan fingerprint density at radius 2 is 1.76 bits per heavy atom. The number of ether oxygens (including phenoxy) is 3. The van der Waals surface area contributed by atoms with Gasteiger partial charge in [0, 0.05) is 7.11 Å². The summed E-state index contributed by atoms with van der Waals surface area (Å²) in [6.07, 6.45) is -0.645. The summed E-state index contributed by atoms with van der Waals surface area (Å²) >= 11 is 0. The SMILES string of the molecule is COCC(C)OCC(O)c1ccc(OC)cc1. The first-order valence-electron chi connectivity index (χ1n) is 5.60. The highest BCUT2D eigenvalue weighted by molar-refractivity contribution is 5.28. The first-order valence-corrected chi connectivity index (χ1v) is 5.60. The van der Waals surface area contributed by atoms with Crippen LogP contribution in [0, 0.1) is 0 Å². The second-order valence-corrected chi connectivity index (χ2v) is 3.89. The number of aliphatic hydroxyl groups excluding tert-OH is 1. The van der Waals surface area contributed by atoms with Crippen molar-refractivity contribution in [1.29, 1.82) is 0 Å². The van der Waals surface area contributed by atoms with E-state index in [-0.39, 0.29) is 12.7 Å². The molecule has 0 spiro atoms. The third-order valence-corrected chi connectivity index (χ3v) is 2.44. The molecule has 0 aliphatic carbocycles. The fourth-order valence-corrected chi connectivity index (χ4v) is 1.46. The van der Waals surface area contributed by atoms with Gasteiger partial charge in [0.1, 0.15) is 11.9 Å². The summed E-state index contributed by atoms with van der Waals surface area (Å²) < 4.78 is 15.4. The van der Waals surface area contributed by atoms with E-state index in [9.17, 15) is 5.11 Å². The van der Waals surface area contributed by atoms with Gasteiger partial charge in [-0.15, -0.1) is 0 Å². The maximum Gasteiger partial charge on any atom is 0.118 e. The van der Waals surface area contributed by atoms with E-state index < -0.39 is 6.10 Å². The maximum atomic E-state index is 9.89. The molecule has 17 heavy (non-hydrogen) atoms. The Morgan fingerprint density at radius 1 is 1.12 bits per heavy atom. The number of rotatable bonds is 7. The summed E-state index contributed by atoms with van der Waals surface area (Å²) in [5.74, 6) is 0.773. The summed E-state index contributed by atoms with van der Waals surface area (Å²) in [4.78, 5) is 0. The molecule has 0 aromatic heterocycles. The molecule has 0 bridgehead atoms. The molecule has 0 saturated heterocycles. The second kappa shape index (κ2) is 7.27.